The molecule has 1 aromatic heterocycles. The van der Waals surface area contributed by atoms with Crippen LogP contribution in [0, 0.1) is 0 Å². The molecule has 0 spiro atoms. The molecule has 0 amide bonds. The van der Waals surface area contributed by atoms with Gasteiger partial charge in [0, 0.05) is 35.3 Å². The largest absolute Gasteiger partial charge is 0.339 e. The Balaban J connectivity index is 2.04. The molecule has 7 heteroatoms. The Labute approximate surface area is 113 Å². The standard InChI is InChI=1S/C11H9ClN2O2S2/c12-18(15,16)10-3-1-2-8-6-14(7-9(8)10)11-13-4-5-17-11/h1-5H,6-7H2. The van der Waals surface area contributed by atoms with Crippen molar-refractivity contribution >= 4 is 36.2 Å². The van der Waals surface area contributed by atoms with Gasteiger partial charge in [0.1, 0.15) is 0 Å². The average molecular weight is 301 g/mol. The van der Waals surface area contributed by atoms with Crippen molar-refractivity contribution in [3.8, 4) is 0 Å². The quantitative estimate of drug-likeness (QED) is 0.800. The SMILES string of the molecule is O=S(=O)(Cl)c1cccc2c1CN(c1nccs1)C2. The summed E-state index contributed by atoms with van der Waals surface area (Å²) in [7, 11) is 1.76. The predicted molar refractivity (Wildman–Crippen MR) is 71.5 cm³/mol. The zero-order chi connectivity index (χ0) is 12.8. The molecule has 3 rings (SSSR count). The number of hydrogen-bond acceptors (Lipinski definition) is 5. The lowest BCUT2D eigenvalue weighted by atomic mass is 10.1. The van der Waals surface area contributed by atoms with Crippen LogP contribution in [0.5, 0.6) is 0 Å². The van der Waals surface area contributed by atoms with Crippen LogP contribution in [0.4, 0.5) is 5.13 Å². The fraction of sp³-hybridized carbons (Fsp3) is 0.182. The minimum Gasteiger partial charge on any atom is -0.339 e. The summed E-state index contributed by atoms with van der Waals surface area (Å²) in [5.74, 6) is 0. The molecule has 1 aromatic carbocycles. The Morgan fingerprint density at radius 3 is 2.83 bits per heavy atom. The van der Waals surface area contributed by atoms with E-state index in [1.807, 2.05) is 16.3 Å². The monoisotopic (exact) mass is 300 g/mol. The van der Waals surface area contributed by atoms with E-state index in [0.717, 1.165) is 16.3 Å². The molecule has 94 valence electrons. The van der Waals surface area contributed by atoms with Gasteiger partial charge in [-0.05, 0) is 17.2 Å². The molecule has 0 bridgehead atoms. The maximum Gasteiger partial charge on any atom is 0.261 e. The summed E-state index contributed by atoms with van der Waals surface area (Å²) in [6.45, 7) is 1.20. The van der Waals surface area contributed by atoms with Crippen molar-refractivity contribution in [1.82, 2.24) is 4.98 Å². The summed E-state index contributed by atoms with van der Waals surface area (Å²) in [5, 5.41) is 2.79. The van der Waals surface area contributed by atoms with Crippen LogP contribution in [0.1, 0.15) is 11.1 Å². The van der Waals surface area contributed by atoms with Crippen molar-refractivity contribution < 1.29 is 8.42 Å². The van der Waals surface area contributed by atoms with E-state index >= 15 is 0 Å². The van der Waals surface area contributed by atoms with Crippen LogP contribution in [-0.4, -0.2) is 13.4 Å². The van der Waals surface area contributed by atoms with Crippen molar-refractivity contribution in [2.75, 3.05) is 4.90 Å². The number of benzene rings is 1. The Morgan fingerprint density at radius 2 is 2.17 bits per heavy atom. The molecule has 2 aromatic rings. The van der Waals surface area contributed by atoms with Crippen LogP contribution < -0.4 is 4.90 Å². The molecule has 0 unspecified atom stereocenters. The van der Waals surface area contributed by atoms with Crippen molar-refractivity contribution in [3.63, 3.8) is 0 Å². The van der Waals surface area contributed by atoms with E-state index < -0.39 is 9.05 Å². The fourth-order valence-electron chi connectivity index (χ4n) is 2.13. The van der Waals surface area contributed by atoms with Gasteiger partial charge in [0.2, 0.25) is 0 Å². The van der Waals surface area contributed by atoms with Crippen LogP contribution in [0.2, 0.25) is 0 Å². The fourth-order valence-corrected chi connectivity index (χ4v) is 3.93. The molecule has 1 aliphatic rings. The highest BCUT2D eigenvalue weighted by atomic mass is 35.7. The first-order valence-corrected chi connectivity index (χ1v) is 8.44. The Hall–Kier alpha value is -1.11. The van der Waals surface area contributed by atoms with Gasteiger partial charge >= 0.3 is 0 Å². The highest BCUT2D eigenvalue weighted by Gasteiger charge is 2.27. The Kier molecular flexibility index (Phi) is 2.80. The second-order valence-corrected chi connectivity index (χ2v) is 7.41. The van der Waals surface area contributed by atoms with Gasteiger partial charge in [-0.25, -0.2) is 13.4 Å². The van der Waals surface area contributed by atoms with E-state index in [-0.39, 0.29) is 4.90 Å². The van der Waals surface area contributed by atoms with E-state index in [1.165, 1.54) is 11.3 Å². The van der Waals surface area contributed by atoms with Crippen molar-refractivity contribution in [3.05, 3.63) is 40.9 Å². The zero-order valence-corrected chi connectivity index (χ0v) is 11.6. The maximum absolute atomic E-state index is 11.5. The average Bonchev–Trinajstić information content (AvgIpc) is 2.95. The predicted octanol–water partition coefficient (Wildman–Crippen LogP) is 2.59. The number of hydrogen-bond donors (Lipinski definition) is 0. The van der Waals surface area contributed by atoms with Gasteiger partial charge in [-0.2, -0.15) is 0 Å². The maximum atomic E-state index is 11.5. The molecule has 1 aliphatic heterocycles. The normalized spacial score (nSPS) is 14.8. The van der Waals surface area contributed by atoms with Crippen molar-refractivity contribution in [2.24, 2.45) is 0 Å². The molecule has 4 nitrogen and oxygen atoms in total. The van der Waals surface area contributed by atoms with Crippen molar-refractivity contribution in [2.45, 2.75) is 18.0 Å². The highest BCUT2D eigenvalue weighted by Crippen LogP contribution is 2.34. The molecular weight excluding hydrogens is 292 g/mol. The number of nitrogens with zero attached hydrogens (tertiary/aromatic N) is 2. The van der Waals surface area contributed by atoms with Crippen LogP contribution in [0.15, 0.2) is 34.7 Å². The lowest BCUT2D eigenvalue weighted by Crippen LogP contribution is -2.14. The topological polar surface area (TPSA) is 50.3 Å². The van der Waals surface area contributed by atoms with Gasteiger partial charge in [-0.3, -0.25) is 0 Å². The lowest BCUT2D eigenvalue weighted by molar-refractivity contribution is 0.608. The van der Waals surface area contributed by atoms with Crippen LogP contribution in [0.3, 0.4) is 0 Å². The minimum atomic E-state index is -3.69. The third kappa shape index (κ3) is 2.00. The van der Waals surface area contributed by atoms with Gasteiger partial charge in [0.15, 0.2) is 5.13 Å². The zero-order valence-electron chi connectivity index (χ0n) is 9.21. The Bertz CT molecular complexity index is 683. The lowest BCUT2D eigenvalue weighted by Gasteiger charge is -2.12. The summed E-state index contributed by atoms with van der Waals surface area (Å²) in [6, 6.07) is 5.19. The number of aromatic nitrogens is 1. The molecule has 0 saturated carbocycles. The molecule has 0 atom stereocenters. The third-order valence-electron chi connectivity index (χ3n) is 2.89. The molecular formula is C11H9ClN2O2S2. The molecule has 0 fully saturated rings. The summed E-state index contributed by atoms with van der Waals surface area (Å²) in [6.07, 6.45) is 1.74. The molecule has 0 radical (unpaired) electrons. The summed E-state index contributed by atoms with van der Waals surface area (Å²) in [4.78, 5) is 6.49. The van der Waals surface area contributed by atoms with E-state index in [9.17, 15) is 8.42 Å². The molecule has 0 N–H and O–H groups in total. The number of rotatable bonds is 2. The third-order valence-corrected chi connectivity index (χ3v) is 5.13. The second-order valence-electron chi connectivity index (χ2n) is 4.00. The Morgan fingerprint density at radius 1 is 1.33 bits per heavy atom. The summed E-state index contributed by atoms with van der Waals surface area (Å²) in [5.41, 5.74) is 1.77. The molecule has 18 heavy (non-hydrogen) atoms. The molecule has 2 heterocycles. The minimum absolute atomic E-state index is 0.209. The number of halogens is 1. The second kappa shape index (κ2) is 4.22. The van der Waals surface area contributed by atoms with Gasteiger partial charge in [-0.1, -0.05) is 12.1 Å². The number of thiazole rings is 1. The first-order valence-electron chi connectivity index (χ1n) is 5.25. The first-order chi connectivity index (χ1) is 8.55. The highest BCUT2D eigenvalue weighted by molar-refractivity contribution is 8.13. The van der Waals surface area contributed by atoms with E-state index in [4.69, 9.17) is 10.7 Å². The smallest absolute Gasteiger partial charge is 0.261 e. The van der Waals surface area contributed by atoms with Crippen LogP contribution in [0.25, 0.3) is 0 Å². The van der Waals surface area contributed by atoms with Gasteiger partial charge in [0.25, 0.3) is 9.05 Å². The molecule has 0 aliphatic carbocycles. The van der Waals surface area contributed by atoms with Gasteiger partial charge < -0.3 is 4.90 Å². The van der Waals surface area contributed by atoms with E-state index in [1.54, 1.807) is 18.3 Å². The van der Waals surface area contributed by atoms with Gasteiger partial charge in [-0.15, -0.1) is 11.3 Å². The van der Waals surface area contributed by atoms with Crippen LogP contribution in [-0.2, 0) is 22.1 Å². The van der Waals surface area contributed by atoms with Crippen LogP contribution >= 0.6 is 22.0 Å². The van der Waals surface area contributed by atoms with E-state index in [2.05, 4.69) is 4.98 Å². The summed E-state index contributed by atoms with van der Waals surface area (Å²) >= 11 is 1.54. The summed E-state index contributed by atoms with van der Waals surface area (Å²) < 4.78 is 23.0. The van der Waals surface area contributed by atoms with Gasteiger partial charge in [0.05, 0.1) is 4.90 Å². The van der Waals surface area contributed by atoms with E-state index in [0.29, 0.717) is 13.1 Å². The molecule has 0 saturated heterocycles. The number of anilines is 1. The number of fused-ring (bicyclic) bond motifs is 1. The first kappa shape index (κ1) is 12.0. The van der Waals surface area contributed by atoms with Crippen molar-refractivity contribution in [1.29, 1.82) is 0 Å².